The summed E-state index contributed by atoms with van der Waals surface area (Å²) in [6.07, 6.45) is 1.64. The Kier molecular flexibility index (Phi) is 5.22. The lowest BCUT2D eigenvalue weighted by atomic mass is 10.2. The molecule has 2 heterocycles. The third kappa shape index (κ3) is 3.56. The minimum Gasteiger partial charge on any atom is -0.465 e. The van der Waals surface area contributed by atoms with Gasteiger partial charge in [-0.2, -0.15) is 5.10 Å². The van der Waals surface area contributed by atoms with E-state index in [1.54, 1.807) is 10.7 Å². The van der Waals surface area contributed by atoms with Crippen LogP contribution in [0.3, 0.4) is 0 Å². The molecule has 0 spiro atoms. The van der Waals surface area contributed by atoms with Gasteiger partial charge in [-0.25, -0.2) is 13.7 Å². The molecule has 0 N–H and O–H groups in total. The molecule has 0 unspecified atom stereocenters. The molecule has 0 atom stereocenters. The summed E-state index contributed by atoms with van der Waals surface area (Å²) in [5.41, 5.74) is 1.85. The van der Waals surface area contributed by atoms with Crippen LogP contribution >= 0.6 is 15.9 Å². The van der Waals surface area contributed by atoms with Gasteiger partial charge in [0.05, 0.1) is 28.9 Å². The molecular formula is C17H21BrFN3O3Si. The number of nitrogens with zero attached hydrogens (tertiary/aromatic N) is 3. The molecule has 1 aromatic carbocycles. The zero-order valence-electron chi connectivity index (χ0n) is 15.2. The molecule has 140 valence electrons. The predicted octanol–water partition coefficient (Wildman–Crippen LogP) is 4.29. The fourth-order valence-corrected chi connectivity index (χ4v) is 4.02. The number of ether oxygens (including phenoxy) is 2. The van der Waals surface area contributed by atoms with Gasteiger partial charge in [-0.1, -0.05) is 19.6 Å². The molecule has 0 aliphatic carbocycles. The predicted molar refractivity (Wildman–Crippen MR) is 104 cm³/mol. The monoisotopic (exact) mass is 441 g/mol. The van der Waals surface area contributed by atoms with Crippen LogP contribution in [0.1, 0.15) is 10.4 Å². The number of halogens is 2. The first-order valence-electron chi connectivity index (χ1n) is 8.24. The Bertz CT molecular complexity index is 977. The van der Waals surface area contributed by atoms with Crippen LogP contribution in [0, 0.1) is 5.82 Å². The van der Waals surface area contributed by atoms with Crippen molar-refractivity contribution in [1.82, 2.24) is 14.2 Å². The summed E-state index contributed by atoms with van der Waals surface area (Å²) >= 11 is 3.47. The normalized spacial score (nSPS) is 12.2. The van der Waals surface area contributed by atoms with Gasteiger partial charge in [-0.3, -0.25) is 4.57 Å². The number of methoxy groups -OCH3 is 1. The molecule has 0 radical (unpaired) electrons. The second-order valence-electron chi connectivity index (χ2n) is 7.32. The summed E-state index contributed by atoms with van der Waals surface area (Å²) in [7, 11) is 0.0651. The first kappa shape index (κ1) is 19.1. The Morgan fingerprint density at radius 2 is 2.08 bits per heavy atom. The van der Waals surface area contributed by atoms with Crippen LogP contribution in [0.4, 0.5) is 4.39 Å². The van der Waals surface area contributed by atoms with Gasteiger partial charge >= 0.3 is 5.97 Å². The van der Waals surface area contributed by atoms with Gasteiger partial charge in [-0.05, 0) is 34.1 Å². The van der Waals surface area contributed by atoms with E-state index >= 15 is 0 Å². The quantitative estimate of drug-likeness (QED) is 0.325. The molecule has 0 fully saturated rings. The fourth-order valence-electron chi connectivity index (χ4n) is 2.79. The van der Waals surface area contributed by atoms with Crippen molar-refractivity contribution in [3.05, 3.63) is 34.2 Å². The third-order valence-electron chi connectivity index (χ3n) is 4.14. The molecule has 26 heavy (non-hydrogen) atoms. The highest BCUT2D eigenvalue weighted by Crippen LogP contribution is 2.30. The highest BCUT2D eigenvalue weighted by Gasteiger charge is 2.23. The van der Waals surface area contributed by atoms with E-state index < -0.39 is 19.9 Å². The molecule has 0 aliphatic rings. The number of benzene rings is 1. The van der Waals surface area contributed by atoms with Gasteiger partial charge in [0, 0.05) is 14.7 Å². The number of esters is 1. The van der Waals surface area contributed by atoms with Crippen molar-refractivity contribution in [3.8, 4) is 0 Å². The van der Waals surface area contributed by atoms with E-state index in [-0.39, 0.29) is 12.3 Å². The lowest BCUT2D eigenvalue weighted by Gasteiger charge is -2.16. The summed E-state index contributed by atoms with van der Waals surface area (Å²) in [6.45, 7) is 7.72. The molecule has 0 aliphatic heterocycles. The second kappa shape index (κ2) is 7.13. The van der Waals surface area contributed by atoms with Crippen LogP contribution in [-0.2, 0) is 16.2 Å². The average molecular weight is 442 g/mol. The maximum atomic E-state index is 14.2. The fraction of sp³-hybridized carbons (Fsp3) is 0.412. The second-order valence-corrected chi connectivity index (χ2v) is 13.8. The van der Waals surface area contributed by atoms with Crippen molar-refractivity contribution in [2.24, 2.45) is 0 Å². The van der Waals surface area contributed by atoms with E-state index in [4.69, 9.17) is 9.47 Å². The van der Waals surface area contributed by atoms with Crippen molar-refractivity contribution in [2.75, 3.05) is 13.7 Å². The minimum absolute atomic E-state index is 0.129. The number of hydrogen-bond acceptors (Lipinski definition) is 4. The van der Waals surface area contributed by atoms with Crippen molar-refractivity contribution in [2.45, 2.75) is 32.4 Å². The van der Waals surface area contributed by atoms with Gasteiger partial charge in [0.15, 0.2) is 5.65 Å². The molecule has 6 nitrogen and oxygen atoms in total. The Morgan fingerprint density at radius 3 is 2.73 bits per heavy atom. The summed E-state index contributed by atoms with van der Waals surface area (Å²) in [4.78, 5) is 12.1. The number of carbonyl (C=O) groups is 1. The topological polar surface area (TPSA) is 57.8 Å². The summed E-state index contributed by atoms with van der Waals surface area (Å²) in [6, 6.07) is 3.58. The number of imidazole rings is 1. The van der Waals surface area contributed by atoms with Crippen LogP contribution in [0.2, 0.25) is 25.7 Å². The molecule has 0 amide bonds. The van der Waals surface area contributed by atoms with Crippen molar-refractivity contribution in [1.29, 1.82) is 0 Å². The average Bonchev–Trinajstić information content (AvgIpc) is 3.08. The highest BCUT2D eigenvalue weighted by molar-refractivity contribution is 9.10. The number of carbonyl (C=O) groups excluding carboxylic acids is 1. The third-order valence-corrected chi connectivity index (χ3v) is 6.40. The van der Waals surface area contributed by atoms with Crippen molar-refractivity contribution in [3.63, 3.8) is 0 Å². The summed E-state index contributed by atoms with van der Waals surface area (Å²) < 4.78 is 29.0. The van der Waals surface area contributed by atoms with Crippen LogP contribution in [0.5, 0.6) is 0 Å². The number of fused-ring (bicyclic) bond motifs is 3. The largest absolute Gasteiger partial charge is 0.465 e. The van der Waals surface area contributed by atoms with Gasteiger partial charge in [0.25, 0.3) is 0 Å². The smallest absolute Gasteiger partial charge is 0.340 e. The molecule has 3 aromatic rings. The van der Waals surface area contributed by atoms with Gasteiger partial charge in [0.1, 0.15) is 18.1 Å². The lowest BCUT2D eigenvalue weighted by molar-refractivity contribution is 0.0602. The molecular weight excluding hydrogens is 421 g/mol. The zero-order chi connectivity index (χ0) is 19.1. The lowest BCUT2D eigenvalue weighted by Crippen LogP contribution is -2.22. The SMILES string of the molecule is COC(=O)c1cc(F)cc2c1n1ncc(Br)c1n2COCC[Si](C)(C)C. The Balaban J connectivity index is 2.10. The summed E-state index contributed by atoms with van der Waals surface area (Å²) in [5, 5.41) is 4.31. The van der Waals surface area contributed by atoms with E-state index in [9.17, 15) is 9.18 Å². The number of hydrogen-bond donors (Lipinski definition) is 0. The Hall–Kier alpha value is -1.71. The molecule has 0 saturated heterocycles. The maximum Gasteiger partial charge on any atom is 0.340 e. The molecule has 3 rings (SSSR count). The molecule has 0 bridgehead atoms. The standard InChI is InChI=1S/C17H21BrFN3O3Si/c1-24-17(23)12-7-11(19)8-14-15(12)22-16(13(18)9-20-22)21(14)10-25-5-6-26(2,3)4/h7-9H,5-6,10H2,1-4H3. The molecule has 0 saturated carbocycles. The molecule has 9 heteroatoms. The van der Waals surface area contributed by atoms with Crippen molar-refractivity contribution >= 4 is 46.7 Å². The van der Waals surface area contributed by atoms with E-state index in [2.05, 4.69) is 40.7 Å². The van der Waals surface area contributed by atoms with Gasteiger partial charge in [-0.15, -0.1) is 0 Å². The number of rotatable bonds is 6. The zero-order valence-corrected chi connectivity index (χ0v) is 17.8. The van der Waals surface area contributed by atoms with E-state index in [0.717, 1.165) is 10.5 Å². The highest BCUT2D eigenvalue weighted by atomic mass is 79.9. The van der Waals surface area contributed by atoms with E-state index in [1.807, 2.05) is 4.57 Å². The van der Waals surface area contributed by atoms with Crippen LogP contribution in [0.25, 0.3) is 16.7 Å². The van der Waals surface area contributed by atoms with E-state index in [1.165, 1.54) is 19.2 Å². The van der Waals surface area contributed by atoms with Gasteiger partial charge in [0.2, 0.25) is 0 Å². The van der Waals surface area contributed by atoms with Crippen molar-refractivity contribution < 1.29 is 18.7 Å². The summed E-state index contributed by atoms with van der Waals surface area (Å²) in [5.74, 6) is -1.13. The van der Waals surface area contributed by atoms with Crippen LogP contribution in [-0.4, -0.2) is 41.9 Å². The minimum atomic E-state index is -1.20. The Labute approximate surface area is 160 Å². The first-order valence-corrected chi connectivity index (χ1v) is 12.7. The maximum absolute atomic E-state index is 14.2. The van der Waals surface area contributed by atoms with Crippen LogP contribution in [0.15, 0.2) is 22.8 Å². The van der Waals surface area contributed by atoms with Crippen LogP contribution < -0.4 is 0 Å². The Morgan fingerprint density at radius 1 is 1.35 bits per heavy atom. The first-order chi connectivity index (χ1) is 12.2. The van der Waals surface area contributed by atoms with Gasteiger partial charge < -0.3 is 9.47 Å². The molecule has 2 aromatic heterocycles. The number of aromatic nitrogens is 3. The van der Waals surface area contributed by atoms with E-state index in [0.29, 0.717) is 23.3 Å².